The van der Waals surface area contributed by atoms with Crippen LogP contribution in [0.1, 0.15) is 31.2 Å². The summed E-state index contributed by atoms with van der Waals surface area (Å²) in [5.74, 6) is -0.125. The Morgan fingerprint density at radius 3 is 2.65 bits per heavy atom. The second kappa shape index (κ2) is 7.28. The third kappa shape index (κ3) is 3.64. The third-order valence-electron chi connectivity index (χ3n) is 3.80. The van der Waals surface area contributed by atoms with Crippen LogP contribution in [0.15, 0.2) is 18.2 Å². The highest BCUT2D eigenvalue weighted by Crippen LogP contribution is 2.26. The van der Waals surface area contributed by atoms with Crippen molar-refractivity contribution in [2.75, 3.05) is 12.4 Å². The van der Waals surface area contributed by atoms with Crippen molar-refractivity contribution < 1.29 is 9.18 Å². The molecule has 0 aromatic heterocycles. The van der Waals surface area contributed by atoms with E-state index in [2.05, 4.69) is 0 Å². The Morgan fingerprint density at radius 2 is 2.05 bits per heavy atom. The lowest BCUT2D eigenvalue weighted by atomic mass is 10.1. The van der Waals surface area contributed by atoms with Gasteiger partial charge in [-0.2, -0.15) is 0 Å². The van der Waals surface area contributed by atoms with Crippen molar-refractivity contribution >= 4 is 29.1 Å². The maximum absolute atomic E-state index is 13.8. The summed E-state index contributed by atoms with van der Waals surface area (Å²) >= 11 is 11.8. The topological polar surface area (TPSA) is 20.3 Å². The summed E-state index contributed by atoms with van der Waals surface area (Å²) in [5.41, 5.74) is 0.275. The molecular weight excluding hydrogens is 300 g/mol. The van der Waals surface area contributed by atoms with Gasteiger partial charge in [0.15, 0.2) is 0 Å². The number of hydrogen-bond acceptors (Lipinski definition) is 1. The second-order valence-corrected chi connectivity index (χ2v) is 5.88. The van der Waals surface area contributed by atoms with Gasteiger partial charge in [-0.1, -0.05) is 30.5 Å². The van der Waals surface area contributed by atoms with Crippen molar-refractivity contribution in [3.63, 3.8) is 0 Å². The fraction of sp³-hybridized carbons (Fsp3) is 0.533. The number of amides is 1. The molecular formula is C15H18Cl2FNO. The quantitative estimate of drug-likeness (QED) is 0.751. The van der Waals surface area contributed by atoms with Gasteiger partial charge in [0.1, 0.15) is 5.82 Å². The molecule has 0 saturated heterocycles. The lowest BCUT2D eigenvalue weighted by molar-refractivity contribution is -0.132. The summed E-state index contributed by atoms with van der Waals surface area (Å²) in [5, 5.41) is 0.301. The number of carbonyl (C=O) groups is 1. The van der Waals surface area contributed by atoms with E-state index in [0.29, 0.717) is 17.4 Å². The van der Waals surface area contributed by atoms with E-state index >= 15 is 0 Å². The van der Waals surface area contributed by atoms with Crippen LogP contribution in [-0.2, 0) is 11.2 Å². The van der Waals surface area contributed by atoms with Crippen LogP contribution >= 0.6 is 23.2 Å². The van der Waals surface area contributed by atoms with E-state index in [0.717, 1.165) is 25.7 Å². The molecule has 110 valence electrons. The number of benzene rings is 1. The Kier molecular flexibility index (Phi) is 5.67. The van der Waals surface area contributed by atoms with Gasteiger partial charge >= 0.3 is 0 Å². The van der Waals surface area contributed by atoms with E-state index in [1.807, 2.05) is 0 Å². The van der Waals surface area contributed by atoms with Crippen molar-refractivity contribution in [1.29, 1.82) is 0 Å². The van der Waals surface area contributed by atoms with E-state index < -0.39 is 5.82 Å². The maximum atomic E-state index is 13.8. The molecule has 20 heavy (non-hydrogen) atoms. The molecule has 0 atom stereocenters. The first-order valence-corrected chi connectivity index (χ1v) is 7.83. The minimum atomic E-state index is -0.428. The highest BCUT2D eigenvalue weighted by atomic mass is 35.5. The molecule has 2 rings (SSSR count). The van der Waals surface area contributed by atoms with E-state index in [4.69, 9.17) is 23.2 Å². The van der Waals surface area contributed by atoms with E-state index in [1.165, 1.54) is 6.07 Å². The van der Waals surface area contributed by atoms with Gasteiger partial charge in [0.05, 0.1) is 6.42 Å². The molecule has 0 spiro atoms. The predicted octanol–water partition coefficient (Wildman–Crippen LogP) is 4.03. The van der Waals surface area contributed by atoms with Gasteiger partial charge in [0.25, 0.3) is 0 Å². The Morgan fingerprint density at radius 1 is 1.35 bits per heavy atom. The molecule has 1 aromatic rings. The summed E-state index contributed by atoms with van der Waals surface area (Å²) < 4.78 is 13.8. The van der Waals surface area contributed by atoms with Crippen molar-refractivity contribution in [1.82, 2.24) is 4.90 Å². The Bertz CT molecular complexity index is 455. The number of hydrogen-bond donors (Lipinski definition) is 0. The molecule has 0 N–H and O–H groups in total. The van der Waals surface area contributed by atoms with Gasteiger partial charge in [-0.15, -0.1) is 11.6 Å². The van der Waals surface area contributed by atoms with Crippen LogP contribution < -0.4 is 0 Å². The summed E-state index contributed by atoms with van der Waals surface area (Å²) in [6.07, 6.45) is 4.29. The maximum Gasteiger partial charge on any atom is 0.227 e. The fourth-order valence-electron chi connectivity index (χ4n) is 2.77. The van der Waals surface area contributed by atoms with E-state index in [9.17, 15) is 9.18 Å². The van der Waals surface area contributed by atoms with Crippen molar-refractivity contribution in [2.24, 2.45) is 0 Å². The summed E-state index contributed by atoms with van der Waals surface area (Å²) in [6, 6.07) is 4.72. The molecule has 0 unspecified atom stereocenters. The van der Waals surface area contributed by atoms with E-state index in [1.54, 1.807) is 17.0 Å². The monoisotopic (exact) mass is 317 g/mol. The molecule has 0 radical (unpaired) electrons. The summed E-state index contributed by atoms with van der Waals surface area (Å²) in [7, 11) is 0. The molecule has 1 aromatic carbocycles. The van der Waals surface area contributed by atoms with Gasteiger partial charge in [0, 0.05) is 29.1 Å². The van der Waals surface area contributed by atoms with Crippen LogP contribution in [0.2, 0.25) is 5.02 Å². The largest absolute Gasteiger partial charge is 0.338 e. The number of rotatable bonds is 5. The molecule has 1 amide bonds. The van der Waals surface area contributed by atoms with Gasteiger partial charge in [-0.05, 0) is 25.0 Å². The van der Waals surface area contributed by atoms with Crippen LogP contribution in [0.5, 0.6) is 0 Å². The molecule has 1 aliphatic rings. The zero-order valence-electron chi connectivity index (χ0n) is 11.2. The lowest BCUT2D eigenvalue weighted by Gasteiger charge is -2.28. The SMILES string of the molecule is O=C(Cc1c(F)cccc1Cl)N(CCCl)C1CCCC1. The van der Waals surface area contributed by atoms with Crippen LogP contribution in [0.25, 0.3) is 0 Å². The number of carbonyl (C=O) groups excluding carboxylic acids is 1. The van der Waals surface area contributed by atoms with Crippen LogP contribution in [0.3, 0.4) is 0 Å². The third-order valence-corrected chi connectivity index (χ3v) is 4.32. The molecule has 2 nitrogen and oxygen atoms in total. The van der Waals surface area contributed by atoms with Crippen molar-refractivity contribution in [3.05, 3.63) is 34.6 Å². The van der Waals surface area contributed by atoms with Crippen LogP contribution in [0, 0.1) is 5.82 Å². The molecule has 1 aliphatic carbocycles. The standard InChI is InChI=1S/C15H18Cl2FNO/c16-8-9-19(11-4-1-2-5-11)15(20)10-12-13(17)6-3-7-14(12)18/h3,6-7,11H,1-2,4-5,8-10H2. The summed E-state index contributed by atoms with van der Waals surface area (Å²) in [4.78, 5) is 14.2. The highest BCUT2D eigenvalue weighted by molar-refractivity contribution is 6.31. The second-order valence-electron chi connectivity index (χ2n) is 5.09. The molecule has 1 fully saturated rings. The summed E-state index contributed by atoms with van der Waals surface area (Å²) in [6.45, 7) is 0.511. The minimum absolute atomic E-state index is 0.00110. The van der Waals surface area contributed by atoms with Crippen LogP contribution in [-0.4, -0.2) is 29.3 Å². The van der Waals surface area contributed by atoms with Crippen LogP contribution in [0.4, 0.5) is 4.39 Å². The zero-order valence-corrected chi connectivity index (χ0v) is 12.8. The number of alkyl halides is 1. The fourth-order valence-corrected chi connectivity index (χ4v) is 3.18. The molecule has 1 saturated carbocycles. The average Bonchev–Trinajstić information content (AvgIpc) is 2.94. The van der Waals surface area contributed by atoms with Gasteiger partial charge in [-0.25, -0.2) is 4.39 Å². The first-order valence-electron chi connectivity index (χ1n) is 6.92. The number of nitrogens with zero attached hydrogens (tertiary/aromatic N) is 1. The molecule has 5 heteroatoms. The number of halogens is 3. The zero-order chi connectivity index (χ0) is 14.5. The highest BCUT2D eigenvalue weighted by Gasteiger charge is 2.27. The van der Waals surface area contributed by atoms with Gasteiger partial charge < -0.3 is 4.90 Å². The van der Waals surface area contributed by atoms with Crippen molar-refractivity contribution in [2.45, 2.75) is 38.1 Å². The first-order chi connectivity index (χ1) is 9.63. The normalized spacial score (nSPS) is 15.6. The van der Waals surface area contributed by atoms with Gasteiger partial charge in [0.2, 0.25) is 5.91 Å². The lowest BCUT2D eigenvalue weighted by Crippen LogP contribution is -2.41. The molecule has 0 heterocycles. The average molecular weight is 318 g/mol. The molecule has 0 aliphatic heterocycles. The Labute approximate surface area is 128 Å². The minimum Gasteiger partial charge on any atom is -0.338 e. The van der Waals surface area contributed by atoms with Crippen molar-refractivity contribution in [3.8, 4) is 0 Å². The Hall–Kier alpha value is -0.800. The van der Waals surface area contributed by atoms with E-state index in [-0.39, 0.29) is 23.9 Å². The molecule has 0 bridgehead atoms. The first kappa shape index (κ1) is 15.6. The predicted molar refractivity (Wildman–Crippen MR) is 79.8 cm³/mol. The smallest absolute Gasteiger partial charge is 0.227 e. The van der Waals surface area contributed by atoms with Gasteiger partial charge in [-0.3, -0.25) is 4.79 Å². The Balaban J connectivity index is 2.11.